The van der Waals surface area contributed by atoms with Gasteiger partial charge in [-0.1, -0.05) is 12.1 Å². The summed E-state index contributed by atoms with van der Waals surface area (Å²) in [6.45, 7) is 4.24. The molecule has 8 heteroatoms. The second-order valence-corrected chi connectivity index (χ2v) is 7.31. The van der Waals surface area contributed by atoms with Crippen LogP contribution in [0.3, 0.4) is 0 Å². The Morgan fingerprint density at radius 3 is 2.65 bits per heavy atom. The van der Waals surface area contributed by atoms with Crippen LogP contribution in [-0.2, 0) is 9.53 Å². The Balaban J connectivity index is 1.96. The first-order chi connectivity index (χ1) is 12.6. The molecule has 3 rings (SSSR count). The van der Waals surface area contributed by atoms with Gasteiger partial charge in [0, 0.05) is 36.8 Å². The Bertz CT molecular complexity index is 702. The number of urea groups is 1. The van der Waals surface area contributed by atoms with E-state index in [2.05, 4.69) is 15.5 Å². The summed E-state index contributed by atoms with van der Waals surface area (Å²) in [5, 5.41) is 5.53. The average molecular weight is 379 g/mol. The van der Waals surface area contributed by atoms with E-state index >= 15 is 0 Å². The van der Waals surface area contributed by atoms with E-state index in [1.807, 2.05) is 11.8 Å². The van der Waals surface area contributed by atoms with Gasteiger partial charge in [-0.25, -0.2) is 14.0 Å². The smallest absolute Gasteiger partial charge is 0.338 e. The number of nitrogens with one attached hydrogen (secondary N) is 2. The van der Waals surface area contributed by atoms with Gasteiger partial charge in [-0.3, -0.25) is 4.90 Å². The Morgan fingerprint density at radius 2 is 2.00 bits per heavy atom. The number of thioether (sulfide) groups is 1. The van der Waals surface area contributed by atoms with Crippen molar-refractivity contribution in [1.29, 1.82) is 0 Å². The van der Waals surface area contributed by atoms with Crippen molar-refractivity contribution in [2.75, 3.05) is 37.7 Å². The number of ether oxygens (including phenoxy) is 1. The number of carbonyl (C=O) groups is 2. The van der Waals surface area contributed by atoms with E-state index in [-0.39, 0.29) is 18.5 Å². The van der Waals surface area contributed by atoms with Gasteiger partial charge in [-0.15, -0.1) is 0 Å². The zero-order valence-corrected chi connectivity index (χ0v) is 15.4. The highest BCUT2D eigenvalue weighted by Gasteiger charge is 2.34. The third-order valence-electron chi connectivity index (χ3n) is 4.34. The van der Waals surface area contributed by atoms with Gasteiger partial charge in [-0.05, 0) is 24.6 Å². The molecule has 0 aromatic heterocycles. The van der Waals surface area contributed by atoms with E-state index in [1.165, 1.54) is 12.1 Å². The number of esters is 1. The van der Waals surface area contributed by atoms with Gasteiger partial charge in [0.15, 0.2) is 0 Å². The van der Waals surface area contributed by atoms with Gasteiger partial charge in [-0.2, -0.15) is 11.8 Å². The van der Waals surface area contributed by atoms with Gasteiger partial charge in [0.1, 0.15) is 5.82 Å². The van der Waals surface area contributed by atoms with Crippen LogP contribution < -0.4 is 10.6 Å². The molecule has 26 heavy (non-hydrogen) atoms. The summed E-state index contributed by atoms with van der Waals surface area (Å²) >= 11 is 1.89. The van der Waals surface area contributed by atoms with E-state index in [9.17, 15) is 14.0 Å². The number of halogens is 1. The lowest BCUT2D eigenvalue weighted by Gasteiger charge is -2.33. The lowest BCUT2D eigenvalue weighted by Crippen LogP contribution is -2.49. The van der Waals surface area contributed by atoms with Crippen LogP contribution in [0.25, 0.3) is 0 Å². The summed E-state index contributed by atoms with van der Waals surface area (Å²) in [5.74, 6) is 1.20. The summed E-state index contributed by atoms with van der Waals surface area (Å²) < 4.78 is 18.5. The van der Waals surface area contributed by atoms with Crippen LogP contribution in [0.15, 0.2) is 35.5 Å². The van der Waals surface area contributed by atoms with Gasteiger partial charge in [0.25, 0.3) is 0 Å². The number of nitrogens with zero attached hydrogens (tertiary/aromatic N) is 1. The number of amides is 2. The van der Waals surface area contributed by atoms with Crippen LogP contribution in [0.4, 0.5) is 9.18 Å². The largest absolute Gasteiger partial charge is 0.463 e. The summed E-state index contributed by atoms with van der Waals surface area (Å²) in [6.07, 6.45) is 0. The Kier molecular flexibility index (Phi) is 6.16. The van der Waals surface area contributed by atoms with Crippen molar-refractivity contribution < 1.29 is 18.7 Å². The molecule has 0 bridgehead atoms. The molecule has 0 radical (unpaired) electrons. The molecule has 1 aromatic carbocycles. The zero-order chi connectivity index (χ0) is 18.5. The summed E-state index contributed by atoms with van der Waals surface area (Å²) in [5.41, 5.74) is 1.56. The first-order valence-electron chi connectivity index (χ1n) is 8.61. The minimum atomic E-state index is -0.669. The van der Waals surface area contributed by atoms with E-state index in [0.717, 1.165) is 24.6 Å². The van der Waals surface area contributed by atoms with Crippen molar-refractivity contribution in [2.45, 2.75) is 13.0 Å². The maximum atomic E-state index is 13.3. The lowest BCUT2D eigenvalue weighted by atomic mass is 9.95. The molecular weight excluding hydrogens is 357 g/mol. The number of rotatable bonds is 5. The molecule has 2 aliphatic heterocycles. The van der Waals surface area contributed by atoms with Gasteiger partial charge < -0.3 is 15.4 Å². The fraction of sp³-hybridized carbons (Fsp3) is 0.444. The first-order valence-corrected chi connectivity index (χ1v) is 9.77. The van der Waals surface area contributed by atoms with Gasteiger partial charge in [0.05, 0.1) is 18.2 Å². The van der Waals surface area contributed by atoms with Crippen molar-refractivity contribution in [3.63, 3.8) is 0 Å². The molecule has 1 fully saturated rings. The topological polar surface area (TPSA) is 70.7 Å². The van der Waals surface area contributed by atoms with Crippen molar-refractivity contribution in [1.82, 2.24) is 15.5 Å². The third-order valence-corrected chi connectivity index (χ3v) is 5.28. The van der Waals surface area contributed by atoms with E-state index < -0.39 is 12.0 Å². The number of hydrogen-bond acceptors (Lipinski definition) is 5. The fourth-order valence-corrected chi connectivity index (χ4v) is 4.06. The summed E-state index contributed by atoms with van der Waals surface area (Å²) in [6, 6.07) is 4.72. The monoisotopic (exact) mass is 379 g/mol. The number of hydrogen-bond donors (Lipinski definition) is 2. The van der Waals surface area contributed by atoms with Gasteiger partial charge in [0.2, 0.25) is 0 Å². The summed E-state index contributed by atoms with van der Waals surface area (Å²) in [4.78, 5) is 27.0. The van der Waals surface area contributed by atoms with Crippen LogP contribution >= 0.6 is 11.8 Å². The predicted molar refractivity (Wildman–Crippen MR) is 98.2 cm³/mol. The molecule has 1 atom stereocenters. The molecular formula is C18H22FN3O3S. The maximum Gasteiger partial charge on any atom is 0.338 e. The van der Waals surface area contributed by atoms with Crippen molar-refractivity contribution in [3.05, 3.63) is 46.9 Å². The fourth-order valence-electron chi connectivity index (χ4n) is 3.08. The molecule has 1 unspecified atom stereocenters. The second-order valence-electron chi connectivity index (χ2n) is 6.08. The lowest BCUT2D eigenvalue weighted by molar-refractivity contribution is -0.139. The number of carbonyl (C=O) groups excluding carboxylic acids is 2. The maximum absolute atomic E-state index is 13.3. The second kappa shape index (κ2) is 8.55. The molecule has 2 heterocycles. The van der Waals surface area contributed by atoms with Gasteiger partial charge >= 0.3 is 12.0 Å². The highest BCUT2D eigenvalue weighted by Crippen LogP contribution is 2.28. The quantitative estimate of drug-likeness (QED) is 0.767. The highest BCUT2D eigenvalue weighted by atomic mass is 32.2. The SMILES string of the molecule is CCOC(=O)C1=C(CN2CCSCC2)NC(=O)NC1c1ccc(F)cc1. The summed E-state index contributed by atoms with van der Waals surface area (Å²) in [7, 11) is 0. The van der Waals surface area contributed by atoms with Crippen molar-refractivity contribution in [3.8, 4) is 0 Å². The predicted octanol–water partition coefficient (Wildman–Crippen LogP) is 2.05. The average Bonchev–Trinajstić information content (AvgIpc) is 2.63. The molecule has 140 valence electrons. The Hall–Kier alpha value is -2.06. The zero-order valence-electron chi connectivity index (χ0n) is 14.6. The highest BCUT2D eigenvalue weighted by molar-refractivity contribution is 7.99. The molecule has 1 aromatic rings. The molecule has 6 nitrogen and oxygen atoms in total. The van der Waals surface area contributed by atoms with Crippen molar-refractivity contribution in [2.24, 2.45) is 0 Å². The molecule has 2 N–H and O–H groups in total. The first kappa shape index (κ1) is 18.7. The van der Waals surface area contributed by atoms with Crippen molar-refractivity contribution >= 4 is 23.8 Å². The van der Waals surface area contributed by atoms with Crippen LogP contribution in [0.2, 0.25) is 0 Å². The molecule has 1 saturated heterocycles. The van der Waals surface area contributed by atoms with Crippen LogP contribution in [-0.4, -0.2) is 54.6 Å². The normalized spacial score (nSPS) is 21.2. The minimum Gasteiger partial charge on any atom is -0.463 e. The Labute approximate surface area is 156 Å². The van der Waals surface area contributed by atoms with E-state index in [0.29, 0.717) is 23.4 Å². The minimum absolute atomic E-state index is 0.236. The van der Waals surface area contributed by atoms with Crippen LogP contribution in [0.1, 0.15) is 18.5 Å². The van der Waals surface area contributed by atoms with Crippen LogP contribution in [0.5, 0.6) is 0 Å². The Morgan fingerprint density at radius 1 is 1.31 bits per heavy atom. The molecule has 0 aliphatic carbocycles. The van der Waals surface area contributed by atoms with Crippen LogP contribution in [0, 0.1) is 5.82 Å². The number of benzene rings is 1. The molecule has 0 spiro atoms. The standard InChI is InChI=1S/C18H22FN3O3S/c1-2-25-17(23)15-14(11-22-7-9-26-10-8-22)20-18(24)21-16(15)12-3-5-13(19)6-4-12/h3-6,16H,2,7-11H2,1H3,(H2,20,21,24). The van der Waals surface area contributed by atoms with E-state index in [1.54, 1.807) is 19.1 Å². The molecule has 2 aliphatic rings. The molecule has 0 saturated carbocycles. The molecule has 2 amide bonds. The third kappa shape index (κ3) is 4.37. The van der Waals surface area contributed by atoms with E-state index in [4.69, 9.17) is 4.74 Å².